The number of halogens is 1. The topological polar surface area (TPSA) is 60.2 Å². The number of rotatable bonds is 7. The number of thiazole rings is 1. The summed E-state index contributed by atoms with van der Waals surface area (Å²) >= 11 is 5.16. The normalized spacial score (nSPS) is 15.8. The molecule has 1 saturated heterocycles. The van der Waals surface area contributed by atoms with Crippen LogP contribution in [0, 0.1) is 5.92 Å². The fourth-order valence-corrected chi connectivity index (χ4v) is 5.25. The third kappa shape index (κ3) is 5.05. The number of piperidine rings is 1. The molecule has 0 aliphatic carbocycles. The summed E-state index contributed by atoms with van der Waals surface area (Å²) in [6, 6.07) is 5.28. The second-order valence-corrected chi connectivity index (χ2v) is 9.25. The van der Waals surface area contributed by atoms with Crippen LogP contribution in [-0.2, 0) is 13.0 Å². The number of pyridine rings is 2. The summed E-state index contributed by atoms with van der Waals surface area (Å²) in [6.07, 6.45) is 6.40. The molecule has 0 atom stereocenters. The Morgan fingerprint density at radius 2 is 2.10 bits per heavy atom. The molecule has 0 spiro atoms. The molecule has 6 nitrogen and oxygen atoms in total. The van der Waals surface area contributed by atoms with Crippen LogP contribution >= 0.6 is 27.3 Å². The Kier molecular flexibility index (Phi) is 6.62. The van der Waals surface area contributed by atoms with Crippen LogP contribution < -0.4 is 10.3 Å². The monoisotopic (exact) mass is 476 g/mol. The molecule has 0 saturated carbocycles. The molecule has 0 N–H and O–H groups in total. The van der Waals surface area contributed by atoms with Crippen molar-refractivity contribution >= 4 is 38.3 Å². The maximum absolute atomic E-state index is 12.4. The van der Waals surface area contributed by atoms with Crippen LogP contribution in [0.25, 0.3) is 11.0 Å². The van der Waals surface area contributed by atoms with Gasteiger partial charge in [0.25, 0.3) is 5.56 Å². The van der Waals surface area contributed by atoms with E-state index in [0.29, 0.717) is 12.3 Å². The zero-order chi connectivity index (χ0) is 20.2. The third-order valence-electron chi connectivity index (χ3n) is 5.69. The van der Waals surface area contributed by atoms with E-state index < -0.39 is 0 Å². The van der Waals surface area contributed by atoms with Gasteiger partial charge in [-0.25, -0.2) is 4.98 Å². The van der Waals surface area contributed by atoms with Gasteiger partial charge in [-0.05, 0) is 66.7 Å². The van der Waals surface area contributed by atoms with Gasteiger partial charge in [0.1, 0.15) is 10.4 Å². The van der Waals surface area contributed by atoms with Gasteiger partial charge in [0.2, 0.25) is 0 Å². The lowest BCUT2D eigenvalue weighted by atomic mass is 9.92. The largest absolute Gasteiger partial charge is 0.495 e. The van der Waals surface area contributed by atoms with Crippen LogP contribution in [0.5, 0.6) is 5.75 Å². The van der Waals surface area contributed by atoms with E-state index in [4.69, 9.17) is 4.74 Å². The molecule has 0 aromatic carbocycles. The lowest BCUT2D eigenvalue weighted by Crippen LogP contribution is -2.37. The summed E-state index contributed by atoms with van der Waals surface area (Å²) in [5, 5.41) is 3.27. The van der Waals surface area contributed by atoms with Crippen molar-refractivity contribution in [2.24, 2.45) is 5.92 Å². The Hall–Kier alpha value is -1.77. The molecule has 1 fully saturated rings. The highest BCUT2D eigenvalue weighted by molar-refractivity contribution is 9.10. The van der Waals surface area contributed by atoms with Crippen molar-refractivity contribution < 1.29 is 4.74 Å². The first-order valence-electron chi connectivity index (χ1n) is 9.98. The molecule has 4 heterocycles. The number of aryl methyl sites for hydroxylation is 1. The van der Waals surface area contributed by atoms with Gasteiger partial charge in [-0.2, -0.15) is 0 Å². The van der Waals surface area contributed by atoms with Crippen LogP contribution in [0.3, 0.4) is 0 Å². The molecule has 29 heavy (non-hydrogen) atoms. The Balaban J connectivity index is 1.32. The van der Waals surface area contributed by atoms with Crippen LogP contribution in [-0.4, -0.2) is 46.2 Å². The van der Waals surface area contributed by atoms with E-state index in [1.807, 2.05) is 10.6 Å². The average Bonchev–Trinajstić information content (AvgIpc) is 3.17. The molecule has 0 bridgehead atoms. The first-order valence-corrected chi connectivity index (χ1v) is 11.7. The first-order chi connectivity index (χ1) is 14.1. The van der Waals surface area contributed by atoms with Gasteiger partial charge < -0.3 is 14.2 Å². The number of hydrogen-bond donors (Lipinski definition) is 0. The number of likely N-dealkylation sites (tertiary alicyclic amines) is 1. The zero-order valence-corrected chi connectivity index (χ0v) is 18.9. The predicted molar refractivity (Wildman–Crippen MR) is 120 cm³/mol. The number of methoxy groups -OCH3 is 1. The van der Waals surface area contributed by atoms with Crippen molar-refractivity contribution in [1.82, 2.24) is 19.4 Å². The van der Waals surface area contributed by atoms with Gasteiger partial charge in [-0.15, -0.1) is 11.3 Å². The molecule has 0 radical (unpaired) electrons. The fourth-order valence-electron chi connectivity index (χ4n) is 3.96. The minimum Gasteiger partial charge on any atom is -0.495 e. The first kappa shape index (κ1) is 20.5. The van der Waals surface area contributed by atoms with Gasteiger partial charge in [-0.3, -0.25) is 9.78 Å². The quantitative estimate of drug-likeness (QED) is 0.516. The minimum atomic E-state index is 0.0112. The zero-order valence-electron chi connectivity index (χ0n) is 16.5. The van der Waals surface area contributed by atoms with Crippen molar-refractivity contribution in [1.29, 1.82) is 0 Å². The van der Waals surface area contributed by atoms with E-state index in [1.165, 1.54) is 24.3 Å². The molecule has 3 aromatic heterocycles. The predicted octanol–water partition coefficient (Wildman–Crippen LogP) is 3.97. The summed E-state index contributed by atoms with van der Waals surface area (Å²) in [7, 11) is 1.62. The minimum absolute atomic E-state index is 0.0112. The summed E-state index contributed by atoms with van der Waals surface area (Å²) < 4.78 is 8.05. The molecule has 8 heteroatoms. The number of hydrogen-bond acceptors (Lipinski definition) is 6. The second kappa shape index (κ2) is 9.36. The molecule has 4 rings (SSSR count). The van der Waals surface area contributed by atoms with Crippen LogP contribution in [0.1, 0.15) is 24.3 Å². The van der Waals surface area contributed by atoms with E-state index >= 15 is 0 Å². The Bertz CT molecular complexity index is 1030. The van der Waals surface area contributed by atoms with Crippen LogP contribution in [0.15, 0.2) is 39.2 Å². The van der Waals surface area contributed by atoms with Gasteiger partial charge in [0, 0.05) is 30.6 Å². The molecular formula is C21H25BrN4O2S. The van der Waals surface area contributed by atoms with E-state index in [2.05, 4.69) is 36.2 Å². The maximum atomic E-state index is 12.4. The number of nitrogens with zero attached hydrogens (tertiary/aromatic N) is 4. The summed E-state index contributed by atoms with van der Waals surface area (Å²) in [5.74, 6) is 1.44. The molecule has 3 aromatic rings. The smallest absolute Gasteiger partial charge is 0.251 e. The molecule has 0 amide bonds. The van der Waals surface area contributed by atoms with Gasteiger partial charge >= 0.3 is 0 Å². The van der Waals surface area contributed by atoms with Gasteiger partial charge in [-0.1, -0.05) is 0 Å². The summed E-state index contributed by atoms with van der Waals surface area (Å²) in [4.78, 5) is 23.8. The molecule has 1 aliphatic rings. The van der Waals surface area contributed by atoms with Crippen molar-refractivity contribution in [2.45, 2.75) is 32.2 Å². The average molecular weight is 477 g/mol. The van der Waals surface area contributed by atoms with Crippen molar-refractivity contribution in [2.75, 3.05) is 26.7 Å². The van der Waals surface area contributed by atoms with Gasteiger partial charge in [0.15, 0.2) is 0 Å². The Labute approximate surface area is 182 Å². The second-order valence-electron chi connectivity index (χ2n) is 7.49. The lowest BCUT2D eigenvalue weighted by Gasteiger charge is -2.32. The number of aromatic nitrogens is 3. The number of fused-ring (bicyclic) bond motifs is 1. The third-order valence-corrected chi connectivity index (χ3v) is 7.30. The molecule has 1 aliphatic heterocycles. The van der Waals surface area contributed by atoms with Crippen LogP contribution in [0.4, 0.5) is 0 Å². The highest BCUT2D eigenvalue weighted by atomic mass is 79.9. The van der Waals surface area contributed by atoms with E-state index in [9.17, 15) is 4.79 Å². The van der Waals surface area contributed by atoms with Crippen LogP contribution in [0.2, 0.25) is 0 Å². The van der Waals surface area contributed by atoms with E-state index in [1.54, 1.807) is 36.8 Å². The Morgan fingerprint density at radius 1 is 1.28 bits per heavy atom. The Morgan fingerprint density at radius 3 is 2.83 bits per heavy atom. The maximum Gasteiger partial charge on any atom is 0.251 e. The van der Waals surface area contributed by atoms with Gasteiger partial charge in [0.05, 0.1) is 29.3 Å². The summed E-state index contributed by atoms with van der Waals surface area (Å²) in [5.41, 5.74) is 1.66. The molecular weight excluding hydrogens is 452 g/mol. The summed E-state index contributed by atoms with van der Waals surface area (Å²) in [6.45, 7) is 3.73. The van der Waals surface area contributed by atoms with Crippen molar-refractivity contribution in [3.8, 4) is 5.75 Å². The fraction of sp³-hybridized carbons (Fsp3) is 0.476. The molecule has 0 unspecified atom stereocenters. The van der Waals surface area contributed by atoms with E-state index in [-0.39, 0.29) is 5.56 Å². The van der Waals surface area contributed by atoms with E-state index in [0.717, 1.165) is 47.6 Å². The standard InChI is InChI=1S/C21H25BrN4O2S/c1-28-16-12-18-17(23-13-16)3-5-21(27)26(18)11-10-25-8-6-15(7-9-25)2-4-20-24-19(22)14-29-20/h3,5,12-15H,2,4,6-11H2,1H3. The highest BCUT2D eigenvalue weighted by Crippen LogP contribution is 2.24. The molecule has 154 valence electrons. The van der Waals surface area contributed by atoms with Crippen molar-refractivity contribution in [3.05, 3.63) is 49.7 Å². The number of ether oxygens (including phenoxy) is 1. The SMILES string of the molecule is COc1cnc2ccc(=O)n(CCN3CCC(CCc4nc(Br)cs4)CC3)c2c1. The highest BCUT2D eigenvalue weighted by Gasteiger charge is 2.19. The lowest BCUT2D eigenvalue weighted by molar-refractivity contribution is 0.174. The van der Waals surface area contributed by atoms with Crippen molar-refractivity contribution in [3.63, 3.8) is 0 Å².